The van der Waals surface area contributed by atoms with E-state index in [0.29, 0.717) is 22.6 Å². The number of carbonyl (C=O) groups is 1. The van der Waals surface area contributed by atoms with Gasteiger partial charge in [0.15, 0.2) is 0 Å². The Labute approximate surface area is 111 Å². The molecule has 2 saturated heterocycles. The molecule has 3 heterocycles. The van der Waals surface area contributed by atoms with E-state index in [1.54, 1.807) is 6.07 Å². The lowest BCUT2D eigenvalue weighted by atomic mass is 9.99. The van der Waals surface area contributed by atoms with Gasteiger partial charge in [-0.1, -0.05) is 6.42 Å². The summed E-state index contributed by atoms with van der Waals surface area (Å²) in [6, 6.07) is 2.64. The van der Waals surface area contributed by atoms with Crippen molar-refractivity contribution in [3.05, 3.63) is 16.3 Å². The molecule has 2 aliphatic rings. The van der Waals surface area contributed by atoms with E-state index in [0.717, 1.165) is 13.0 Å². The Morgan fingerprint density at radius 3 is 3.06 bits per heavy atom. The van der Waals surface area contributed by atoms with E-state index in [4.69, 9.17) is 5.73 Å². The number of anilines is 1. The highest BCUT2D eigenvalue weighted by Gasteiger charge is 2.36. The zero-order chi connectivity index (χ0) is 12.5. The van der Waals surface area contributed by atoms with Gasteiger partial charge in [0, 0.05) is 18.6 Å². The molecule has 1 amide bonds. The molecule has 2 atom stereocenters. The van der Waals surface area contributed by atoms with Crippen molar-refractivity contribution in [1.29, 1.82) is 0 Å². The van der Waals surface area contributed by atoms with Crippen LogP contribution < -0.4 is 11.1 Å². The zero-order valence-corrected chi connectivity index (χ0v) is 11.2. The summed E-state index contributed by atoms with van der Waals surface area (Å²) < 4.78 is 0. The van der Waals surface area contributed by atoms with E-state index in [-0.39, 0.29) is 5.91 Å². The van der Waals surface area contributed by atoms with E-state index in [9.17, 15) is 4.79 Å². The number of nitrogens with two attached hydrogens (primary N) is 1. The van der Waals surface area contributed by atoms with Crippen molar-refractivity contribution in [2.24, 2.45) is 0 Å². The summed E-state index contributed by atoms with van der Waals surface area (Å²) in [5, 5.41) is 5.04. The van der Waals surface area contributed by atoms with Crippen LogP contribution in [-0.4, -0.2) is 36.0 Å². The molecular weight excluding hydrogens is 246 g/mol. The third-order valence-electron chi connectivity index (χ3n) is 4.07. The second-order valence-corrected chi connectivity index (χ2v) is 6.09. The zero-order valence-electron chi connectivity index (χ0n) is 10.4. The van der Waals surface area contributed by atoms with Gasteiger partial charge in [0.25, 0.3) is 5.91 Å². The topological polar surface area (TPSA) is 58.4 Å². The average molecular weight is 265 g/mol. The summed E-state index contributed by atoms with van der Waals surface area (Å²) >= 11 is 1.42. The molecule has 18 heavy (non-hydrogen) atoms. The van der Waals surface area contributed by atoms with E-state index in [1.807, 2.05) is 5.38 Å². The average Bonchev–Trinajstić information content (AvgIpc) is 2.97. The number of carbonyl (C=O) groups excluding carboxylic acids is 1. The predicted molar refractivity (Wildman–Crippen MR) is 73.8 cm³/mol. The van der Waals surface area contributed by atoms with E-state index in [2.05, 4.69) is 10.2 Å². The Balaban J connectivity index is 1.66. The van der Waals surface area contributed by atoms with Gasteiger partial charge in [-0.15, -0.1) is 11.3 Å². The first-order valence-electron chi connectivity index (χ1n) is 6.63. The van der Waals surface area contributed by atoms with Gasteiger partial charge in [0.1, 0.15) is 4.88 Å². The summed E-state index contributed by atoms with van der Waals surface area (Å²) in [4.78, 5) is 15.3. The second-order valence-electron chi connectivity index (χ2n) is 5.17. The molecular formula is C13H19N3OS. The molecule has 0 bridgehead atoms. The fourth-order valence-corrected chi connectivity index (χ4v) is 3.87. The number of hydrogen-bond acceptors (Lipinski definition) is 4. The lowest BCUT2D eigenvalue weighted by Crippen LogP contribution is -2.46. The quantitative estimate of drug-likeness (QED) is 0.855. The summed E-state index contributed by atoms with van der Waals surface area (Å²) in [6.07, 6.45) is 4.87. The number of hydrogen-bond donors (Lipinski definition) is 2. The van der Waals surface area contributed by atoms with Crippen LogP contribution in [0.3, 0.4) is 0 Å². The maximum absolute atomic E-state index is 12.2. The first-order chi connectivity index (χ1) is 8.75. The molecule has 5 heteroatoms. The Kier molecular flexibility index (Phi) is 3.26. The van der Waals surface area contributed by atoms with Crippen molar-refractivity contribution in [1.82, 2.24) is 10.2 Å². The highest BCUT2D eigenvalue weighted by Crippen LogP contribution is 2.28. The maximum Gasteiger partial charge on any atom is 0.263 e. The van der Waals surface area contributed by atoms with Gasteiger partial charge in [0.2, 0.25) is 0 Å². The van der Waals surface area contributed by atoms with Crippen LogP contribution >= 0.6 is 11.3 Å². The first-order valence-corrected chi connectivity index (χ1v) is 7.51. The largest absolute Gasteiger partial charge is 0.397 e. The van der Waals surface area contributed by atoms with Gasteiger partial charge < -0.3 is 11.1 Å². The van der Waals surface area contributed by atoms with Gasteiger partial charge in [-0.05, 0) is 37.3 Å². The number of piperidine rings is 1. The Morgan fingerprint density at radius 2 is 2.28 bits per heavy atom. The molecule has 0 spiro atoms. The van der Waals surface area contributed by atoms with Crippen molar-refractivity contribution in [3.63, 3.8) is 0 Å². The SMILES string of the molecule is Nc1ccsc1C(=O)NC1CCN2CCCCC12. The Hall–Kier alpha value is -1.07. The molecule has 0 saturated carbocycles. The standard InChI is InChI=1S/C13H19N3OS/c14-9-5-8-18-12(9)13(17)15-10-4-7-16-6-2-1-3-11(10)16/h5,8,10-11H,1-4,6-7,14H2,(H,15,17). The van der Waals surface area contributed by atoms with Gasteiger partial charge in [-0.2, -0.15) is 0 Å². The van der Waals surface area contributed by atoms with E-state index < -0.39 is 0 Å². The second kappa shape index (κ2) is 4.90. The minimum atomic E-state index is -0.0000709. The third kappa shape index (κ3) is 2.12. The van der Waals surface area contributed by atoms with Crippen LogP contribution in [0.4, 0.5) is 5.69 Å². The summed E-state index contributed by atoms with van der Waals surface area (Å²) in [5.74, 6) is -0.0000709. The highest BCUT2D eigenvalue weighted by molar-refractivity contribution is 7.12. The lowest BCUT2D eigenvalue weighted by molar-refractivity contribution is 0.0920. The monoisotopic (exact) mass is 265 g/mol. The van der Waals surface area contributed by atoms with Crippen LogP contribution in [0.1, 0.15) is 35.4 Å². The highest BCUT2D eigenvalue weighted by atomic mass is 32.1. The van der Waals surface area contributed by atoms with Gasteiger partial charge >= 0.3 is 0 Å². The van der Waals surface area contributed by atoms with Crippen LogP contribution in [-0.2, 0) is 0 Å². The molecule has 1 aromatic rings. The lowest BCUT2D eigenvalue weighted by Gasteiger charge is -2.32. The van der Waals surface area contributed by atoms with Crippen LogP contribution in [0.2, 0.25) is 0 Å². The molecule has 1 aromatic heterocycles. The third-order valence-corrected chi connectivity index (χ3v) is 5.00. The summed E-state index contributed by atoms with van der Waals surface area (Å²) in [7, 11) is 0. The number of nitrogens with one attached hydrogen (secondary N) is 1. The van der Waals surface area contributed by atoms with Crippen LogP contribution in [0.5, 0.6) is 0 Å². The van der Waals surface area contributed by atoms with Crippen molar-refractivity contribution < 1.29 is 4.79 Å². The fourth-order valence-electron chi connectivity index (χ4n) is 3.15. The van der Waals surface area contributed by atoms with Crippen molar-refractivity contribution >= 4 is 22.9 Å². The van der Waals surface area contributed by atoms with Crippen LogP contribution in [0.15, 0.2) is 11.4 Å². The smallest absolute Gasteiger partial charge is 0.263 e. The number of nitrogens with zero attached hydrogens (tertiary/aromatic N) is 1. The number of thiophene rings is 1. The molecule has 3 rings (SSSR count). The normalized spacial score (nSPS) is 28.0. The van der Waals surface area contributed by atoms with Crippen molar-refractivity contribution in [2.75, 3.05) is 18.8 Å². The molecule has 0 aliphatic carbocycles. The van der Waals surface area contributed by atoms with Gasteiger partial charge in [-0.25, -0.2) is 0 Å². The maximum atomic E-state index is 12.2. The molecule has 2 aliphatic heterocycles. The van der Waals surface area contributed by atoms with Crippen molar-refractivity contribution in [3.8, 4) is 0 Å². The van der Waals surface area contributed by atoms with Crippen LogP contribution in [0, 0.1) is 0 Å². The molecule has 0 aromatic carbocycles. The minimum Gasteiger partial charge on any atom is -0.397 e. The predicted octanol–water partition coefficient (Wildman–Crippen LogP) is 1.69. The summed E-state index contributed by atoms with van der Waals surface area (Å²) in [6.45, 7) is 2.31. The molecule has 3 N–H and O–H groups in total. The Bertz CT molecular complexity index is 445. The molecule has 98 valence electrons. The molecule has 0 radical (unpaired) electrons. The van der Waals surface area contributed by atoms with Gasteiger partial charge in [-0.3, -0.25) is 9.69 Å². The number of amides is 1. The number of fused-ring (bicyclic) bond motifs is 1. The first kappa shape index (κ1) is 12.0. The van der Waals surface area contributed by atoms with Crippen molar-refractivity contribution in [2.45, 2.75) is 37.8 Å². The van der Waals surface area contributed by atoms with E-state index >= 15 is 0 Å². The van der Waals surface area contributed by atoms with Crippen LogP contribution in [0.25, 0.3) is 0 Å². The minimum absolute atomic E-state index is 0.0000709. The number of nitrogen functional groups attached to an aromatic ring is 1. The molecule has 2 fully saturated rings. The summed E-state index contributed by atoms with van der Waals surface area (Å²) in [5.41, 5.74) is 6.38. The number of rotatable bonds is 2. The van der Waals surface area contributed by atoms with Gasteiger partial charge in [0.05, 0.1) is 5.69 Å². The molecule has 4 nitrogen and oxygen atoms in total. The fraction of sp³-hybridized carbons (Fsp3) is 0.615. The Morgan fingerprint density at radius 1 is 1.39 bits per heavy atom. The van der Waals surface area contributed by atoms with E-state index in [1.165, 1.54) is 37.1 Å². The molecule has 2 unspecified atom stereocenters.